The second kappa shape index (κ2) is 7.95. The summed E-state index contributed by atoms with van der Waals surface area (Å²) in [5.41, 5.74) is 1.47. The summed E-state index contributed by atoms with van der Waals surface area (Å²) in [7, 11) is 0. The molecule has 3 aromatic rings. The Morgan fingerprint density at radius 2 is 2.07 bits per heavy atom. The largest absolute Gasteiger partial charge is 0.453 e. The van der Waals surface area contributed by atoms with Crippen molar-refractivity contribution in [3.05, 3.63) is 61.8 Å². The first-order valence-corrected chi connectivity index (χ1v) is 10.1. The third-order valence-corrected chi connectivity index (χ3v) is 6.17. The van der Waals surface area contributed by atoms with Crippen LogP contribution in [0.3, 0.4) is 0 Å². The molecule has 2 aromatic heterocycles. The standard InChI is InChI=1S/C21H19N3O3S/c22-10-11-24-19(23-16-8-5-4-7-15(16)20(24)25)13-27-21(26)18-12-14-6-2-1-3-9-17(14)28-18/h4-5,7-8,12H,1-3,6,9,11,13H2. The van der Waals surface area contributed by atoms with Crippen LogP contribution in [0.25, 0.3) is 10.9 Å². The van der Waals surface area contributed by atoms with Crippen molar-refractivity contribution in [3.8, 4) is 6.07 Å². The van der Waals surface area contributed by atoms with Gasteiger partial charge in [0.1, 0.15) is 18.0 Å². The van der Waals surface area contributed by atoms with E-state index in [-0.39, 0.29) is 24.5 Å². The van der Waals surface area contributed by atoms with Gasteiger partial charge in [0.2, 0.25) is 0 Å². The van der Waals surface area contributed by atoms with Gasteiger partial charge in [-0.2, -0.15) is 5.26 Å². The molecule has 0 spiro atoms. The maximum atomic E-state index is 12.7. The topological polar surface area (TPSA) is 85.0 Å². The number of hydrogen-bond donors (Lipinski definition) is 0. The number of nitrogens with zero attached hydrogens (tertiary/aromatic N) is 3. The molecule has 2 heterocycles. The molecular weight excluding hydrogens is 374 g/mol. The van der Waals surface area contributed by atoms with Crippen LogP contribution in [0, 0.1) is 11.3 Å². The highest BCUT2D eigenvalue weighted by molar-refractivity contribution is 7.14. The number of benzene rings is 1. The number of rotatable bonds is 4. The summed E-state index contributed by atoms with van der Waals surface area (Å²) in [5, 5.41) is 9.51. The molecule has 1 aliphatic rings. The molecule has 1 aromatic carbocycles. The minimum absolute atomic E-state index is 0.142. The predicted octanol–water partition coefficient (Wildman–Crippen LogP) is 3.61. The Kier molecular flexibility index (Phi) is 5.22. The van der Waals surface area contributed by atoms with E-state index < -0.39 is 5.97 Å². The van der Waals surface area contributed by atoms with Gasteiger partial charge in [-0.25, -0.2) is 9.78 Å². The molecule has 28 heavy (non-hydrogen) atoms. The number of hydrogen-bond acceptors (Lipinski definition) is 6. The molecule has 7 heteroatoms. The van der Waals surface area contributed by atoms with E-state index >= 15 is 0 Å². The van der Waals surface area contributed by atoms with E-state index in [9.17, 15) is 9.59 Å². The SMILES string of the molecule is N#CCn1c(COC(=O)c2cc3c(s2)CCCCC3)nc2ccccc2c1=O. The average Bonchev–Trinajstić information content (AvgIpc) is 2.99. The third kappa shape index (κ3) is 3.56. The molecule has 0 aliphatic heterocycles. The van der Waals surface area contributed by atoms with Crippen molar-refractivity contribution < 1.29 is 9.53 Å². The highest BCUT2D eigenvalue weighted by Gasteiger charge is 2.19. The molecular formula is C21H19N3O3S. The van der Waals surface area contributed by atoms with Gasteiger partial charge >= 0.3 is 5.97 Å². The Balaban J connectivity index is 1.58. The van der Waals surface area contributed by atoms with Gasteiger partial charge in [0.05, 0.1) is 17.0 Å². The minimum Gasteiger partial charge on any atom is -0.453 e. The number of para-hydroxylation sites is 1. The zero-order valence-corrected chi connectivity index (χ0v) is 16.1. The molecule has 0 amide bonds. The number of carbonyl (C=O) groups is 1. The minimum atomic E-state index is -0.413. The van der Waals surface area contributed by atoms with Crippen molar-refractivity contribution in [1.82, 2.24) is 9.55 Å². The van der Waals surface area contributed by atoms with Crippen LogP contribution in [0.15, 0.2) is 35.1 Å². The van der Waals surface area contributed by atoms with Crippen LogP contribution in [0.2, 0.25) is 0 Å². The summed E-state index contributed by atoms with van der Waals surface area (Å²) in [6.07, 6.45) is 5.56. The maximum absolute atomic E-state index is 12.7. The fourth-order valence-electron chi connectivity index (χ4n) is 3.53. The van der Waals surface area contributed by atoms with Crippen LogP contribution in [-0.4, -0.2) is 15.5 Å². The van der Waals surface area contributed by atoms with Crippen molar-refractivity contribution >= 4 is 28.2 Å². The normalized spacial score (nSPS) is 13.5. The van der Waals surface area contributed by atoms with Gasteiger partial charge in [0.25, 0.3) is 5.56 Å². The van der Waals surface area contributed by atoms with Crippen LogP contribution in [-0.2, 0) is 30.7 Å². The summed E-state index contributed by atoms with van der Waals surface area (Å²) in [4.78, 5) is 31.5. The Hall–Kier alpha value is -2.98. The van der Waals surface area contributed by atoms with E-state index in [2.05, 4.69) is 4.98 Å². The van der Waals surface area contributed by atoms with Crippen molar-refractivity contribution in [3.63, 3.8) is 0 Å². The summed E-state index contributed by atoms with van der Waals surface area (Å²) in [5.74, 6) is -0.138. The smallest absolute Gasteiger partial charge is 0.348 e. The van der Waals surface area contributed by atoms with Crippen molar-refractivity contribution in [2.24, 2.45) is 0 Å². The highest BCUT2D eigenvalue weighted by atomic mass is 32.1. The molecule has 4 rings (SSSR count). The Bertz CT molecular complexity index is 1120. The molecule has 0 saturated carbocycles. The molecule has 6 nitrogen and oxygen atoms in total. The Labute approximate surface area is 166 Å². The summed E-state index contributed by atoms with van der Waals surface area (Å²) in [6.45, 7) is -0.292. The van der Waals surface area contributed by atoms with Gasteiger partial charge in [-0.3, -0.25) is 9.36 Å². The number of nitriles is 1. The van der Waals surface area contributed by atoms with Gasteiger partial charge in [-0.05, 0) is 49.4 Å². The Morgan fingerprint density at radius 1 is 1.25 bits per heavy atom. The number of aryl methyl sites for hydroxylation is 2. The zero-order chi connectivity index (χ0) is 19.5. The zero-order valence-electron chi connectivity index (χ0n) is 15.3. The van der Waals surface area contributed by atoms with E-state index in [0.29, 0.717) is 15.8 Å². The van der Waals surface area contributed by atoms with E-state index in [0.717, 1.165) is 25.7 Å². The number of ether oxygens (including phenoxy) is 1. The first-order valence-electron chi connectivity index (χ1n) is 9.31. The van der Waals surface area contributed by atoms with Crippen molar-refractivity contribution in [2.75, 3.05) is 0 Å². The second-order valence-corrected chi connectivity index (χ2v) is 7.93. The molecule has 0 saturated heterocycles. The van der Waals surface area contributed by atoms with Gasteiger partial charge in [-0.15, -0.1) is 11.3 Å². The molecule has 1 aliphatic carbocycles. The average molecular weight is 393 g/mol. The van der Waals surface area contributed by atoms with Gasteiger partial charge in [0.15, 0.2) is 5.82 Å². The van der Waals surface area contributed by atoms with Crippen LogP contribution in [0.4, 0.5) is 0 Å². The molecule has 0 atom stereocenters. The molecule has 0 radical (unpaired) electrons. The summed E-state index contributed by atoms with van der Waals surface area (Å²) in [6, 6.07) is 10.9. The van der Waals surface area contributed by atoms with Crippen LogP contribution >= 0.6 is 11.3 Å². The lowest BCUT2D eigenvalue weighted by Gasteiger charge is -2.11. The first-order chi connectivity index (χ1) is 13.7. The Morgan fingerprint density at radius 3 is 2.93 bits per heavy atom. The van der Waals surface area contributed by atoms with Crippen LogP contribution < -0.4 is 5.56 Å². The number of aromatic nitrogens is 2. The van der Waals surface area contributed by atoms with Crippen LogP contribution in [0.5, 0.6) is 0 Å². The predicted molar refractivity (Wildman–Crippen MR) is 106 cm³/mol. The monoisotopic (exact) mass is 393 g/mol. The molecule has 0 bridgehead atoms. The first kappa shape index (κ1) is 18.4. The molecule has 0 N–H and O–H groups in total. The quantitative estimate of drug-likeness (QED) is 0.499. The second-order valence-electron chi connectivity index (χ2n) is 6.79. The lowest BCUT2D eigenvalue weighted by Crippen LogP contribution is -2.26. The number of thiophene rings is 1. The summed E-state index contributed by atoms with van der Waals surface area (Å²) < 4.78 is 6.72. The molecule has 0 unspecified atom stereocenters. The fraction of sp³-hybridized carbons (Fsp3) is 0.333. The lowest BCUT2D eigenvalue weighted by molar-refractivity contribution is 0.0463. The van der Waals surface area contributed by atoms with Gasteiger partial charge < -0.3 is 4.74 Å². The number of esters is 1. The van der Waals surface area contributed by atoms with E-state index in [1.54, 1.807) is 24.3 Å². The van der Waals surface area contributed by atoms with Gasteiger partial charge in [0, 0.05) is 4.88 Å². The van der Waals surface area contributed by atoms with Crippen molar-refractivity contribution in [1.29, 1.82) is 5.26 Å². The fourth-order valence-corrected chi connectivity index (χ4v) is 4.67. The molecule has 142 valence electrons. The van der Waals surface area contributed by atoms with Crippen molar-refractivity contribution in [2.45, 2.75) is 45.3 Å². The number of carbonyl (C=O) groups excluding carboxylic acids is 1. The lowest BCUT2D eigenvalue weighted by atomic mass is 10.1. The van der Waals surface area contributed by atoms with Crippen LogP contribution in [0.1, 0.15) is 45.2 Å². The van der Waals surface area contributed by atoms with E-state index in [1.807, 2.05) is 12.1 Å². The number of fused-ring (bicyclic) bond motifs is 2. The maximum Gasteiger partial charge on any atom is 0.348 e. The van der Waals surface area contributed by atoms with E-state index in [1.165, 1.54) is 32.8 Å². The highest BCUT2D eigenvalue weighted by Crippen LogP contribution is 2.29. The third-order valence-electron chi connectivity index (χ3n) is 4.95. The van der Waals surface area contributed by atoms with Gasteiger partial charge in [-0.1, -0.05) is 18.6 Å². The molecule has 0 fully saturated rings. The van der Waals surface area contributed by atoms with E-state index in [4.69, 9.17) is 10.00 Å². The summed E-state index contributed by atoms with van der Waals surface area (Å²) >= 11 is 1.50.